The largest absolute Gasteiger partial charge is 0.470 e. The van der Waals surface area contributed by atoms with E-state index in [2.05, 4.69) is 14.1 Å². The molecule has 18 heavy (non-hydrogen) atoms. The van der Waals surface area contributed by atoms with Gasteiger partial charge in [0.1, 0.15) is 6.10 Å². The SMILES string of the molecule is C1CC1CSc1nsnc1OC1C2CCC1NC2. The van der Waals surface area contributed by atoms with Gasteiger partial charge in [-0.3, -0.25) is 0 Å². The van der Waals surface area contributed by atoms with Crippen molar-refractivity contribution in [1.82, 2.24) is 14.1 Å². The Morgan fingerprint density at radius 1 is 1.28 bits per heavy atom. The van der Waals surface area contributed by atoms with Gasteiger partial charge in [0.2, 0.25) is 0 Å². The Bertz CT molecular complexity index is 415. The van der Waals surface area contributed by atoms with Crippen molar-refractivity contribution in [3.05, 3.63) is 0 Å². The maximum atomic E-state index is 6.14. The molecule has 1 saturated heterocycles. The van der Waals surface area contributed by atoms with Crippen molar-refractivity contribution < 1.29 is 4.74 Å². The van der Waals surface area contributed by atoms with Crippen molar-refractivity contribution in [1.29, 1.82) is 0 Å². The number of piperidine rings is 1. The summed E-state index contributed by atoms with van der Waals surface area (Å²) in [6.45, 7) is 1.11. The molecule has 0 spiro atoms. The number of nitrogens with one attached hydrogen (secondary N) is 1. The molecule has 3 unspecified atom stereocenters. The van der Waals surface area contributed by atoms with Gasteiger partial charge in [-0.05, 0) is 31.6 Å². The first kappa shape index (κ1) is 11.5. The lowest BCUT2D eigenvalue weighted by atomic mass is 10.1. The highest BCUT2D eigenvalue weighted by molar-refractivity contribution is 7.99. The Balaban J connectivity index is 1.42. The van der Waals surface area contributed by atoms with Gasteiger partial charge < -0.3 is 10.1 Å². The summed E-state index contributed by atoms with van der Waals surface area (Å²) in [4.78, 5) is 0. The van der Waals surface area contributed by atoms with Crippen LogP contribution in [-0.2, 0) is 0 Å². The molecule has 2 heterocycles. The van der Waals surface area contributed by atoms with E-state index in [1.54, 1.807) is 0 Å². The summed E-state index contributed by atoms with van der Waals surface area (Å²) >= 11 is 3.10. The second kappa shape index (κ2) is 4.65. The zero-order chi connectivity index (χ0) is 11.9. The molecule has 1 N–H and O–H groups in total. The Morgan fingerprint density at radius 3 is 2.89 bits per heavy atom. The van der Waals surface area contributed by atoms with E-state index < -0.39 is 0 Å². The second-order valence-electron chi connectivity index (χ2n) is 5.56. The van der Waals surface area contributed by atoms with Gasteiger partial charge in [-0.1, -0.05) is 11.8 Å². The molecule has 3 atom stereocenters. The maximum absolute atomic E-state index is 6.14. The van der Waals surface area contributed by atoms with E-state index in [0.717, 1.165) is 23.4 Å². The van der Waals surface area contributed by atoms with Crippen molar-refractivity contribution in [3.8, 4) is 5.88 Å². The minimum atomic E-state index is 0.328. The molecule has 4 nitrogen and oxygen atoms in total. The molecule has 0 amide bonds. The number of hydrogen-bond donors (Lipinski definition) is 1. The van der Waals surface area contributed by atoms with E-state index in [0.29, 0.717) is 18.1 Å². The molecule has 6 heteroatoms. The first-order valence-corrected chi connectivity index (χ1v) is 8.47. The van der Waals surface area contributed by atoms with Crippen LogP contribution in [-0.4, -0.2) is 33.2 Å². The van der Waals surface area contributed by atoms with Crippen molar-refractivity contribution in [2.75, 3.05) is 12.3 Å². The summed E-state index contributed by atoms with van der Waals surface area (Å²) in [5, 5.41) is 4.53. The van der Waals surface area contributed by atoms with E-state index in [1.807, 2.05) is 11.8 Å². The maximum Gasteiger partial charge on any atom is 0.260 e. The third-order valence-electron chi connectivity index (χ3n) is 4.18. The highest BCUT2D eigenvalue weighted by atomic mass is 32.2. The minimum absolute atomic E-state index is 0.328. The number of ether oxygens (including phenoxy) is 1. The molecule has 0 aromatic carbocycles. The fraction of sp³-hybridized carbons (Fsp3) is 0.833. The lowest BCUT2D eigenvalue weighted by molar-refractivity contribution is 0.166. The van der Waals surface area contributed by atoms with Crippen LogP contribution in [0.15, 0.2) is 5.03 Å². The van der Waals surface area contributed by atoms with Gasteiger partial charge in [0.15, 0.2) is 5.03 Å². The quantitative estimate of drug-likeness (QED) is 0.839. The monoisotopic (exact) mass is 283 g/mol. The number of hydrogen-bond acceptors (Lipinski definition) is 6. The Hall–Kier alpha value is -0.330. The number of thioether (sulfide) groups is 1. The molecule has 0 radical (unpaired) electrons. The topological polar surface area (TPSA) is 47.0 Å². The van der Waals surface area contributed by atoms with Gasteiger partial charge in [-0.25, -0.2) is 0 Å². The summed E-state index contributed by atoms with van der Waals surface area (Å²) in [6, 6.07) is 0.540. The lowest BCUT2D eigenvalue weighted by Crippen LogP contribution is -2.31. The lowest BCUT2D eigenvalue weighted by Gasteiger charge is -2.15. The Labute approximate surface area is 115 Å². The molecule has 1 aliphatic heterocycles. The molecule has 2 saturated carbocycles. The van der Waals surface area contributed by atoms with Crippen molar-refractivity contribution in [2.24, 2.45) is 11.8 Å². The van der Waals surface area contributed by atoms with Crippen LogP contribution in [0.25, 0.3) is 0 Å². The smallest absolute Gasteiger partial charge is 0.260 e. The first-order chi connectivity index (χ1) is 8.90. The molecular formula is C12H17N3OS2. The van der Waals surface area contributed by atoms with Crippen molar-refractivity contribution in [2.45, 2.75) is 42.9 Å². The Kier molecular flexibility index (Phi) is 2.97. The Morgan fingerprint density at radius 2 is 2.22 bits per heavy atom. The van der Waals surface area contributed by atoms with E-state index in [9.17, 15) is 0 Å². The van der Waals surface area contributed by atoms with Crippen LogP contribution in [0, 0.1) is 11.8 Å². The molecule has 4 rings (SSSR count). The van der Waals surface area contributed by atoms with Gasteiger partial charge in [0, 0.05) is 24.3 Å². The first-order valence-electron chi connectivity index (χ1n) is 6.75. The number of fused-ring (bicyclic) bond motifs is 2. The van der Waals surface area contributed by atoms with E-state index in [-0.39, 0.29) is 0 Å². The summed E-state index contributed by atoms with van der Waals surface area (Å²) in [5.41, 5.74) is 0. The average Bonchev–Trinajstić information content (AvgIpc) is 2.85. The zero-order valence-electron chi connectivity index (χ0n) is 10.2. The highest BCUT2D eigenvalue weighted by Gasteiger charge is 2.43. The second-order valence-corrected chi connectivity index (χ2v) is 7.10. The van der Waals surface area contributed by atoms with Gasteiger partial charge in [0.25, 0.3) is 5.88 Å². The van der Waals surface area contributed by atoms with Crippen LogP contribution in [0.1, 0.15) is 25.7 Å². The molecule has 3 fully saturated rings. The molecule has 2 aliphatic carbocycles. The van der Waals surface area contributed by atoms with Gasteiger partial charge in [-0.2, -0.15) is 4.37 Å². The molecule has 3 aliphatic rings. The molecular weight excluding hydrogens is 266 g/mol. The van der Waals surface area contributed by atoms with Crippen molar-refractivity contribution >= 4 is 23.5 Å². The summed E-state index contributed by atoms with van der Waals surface area (Å²) in [5.74, 6) is 3.56. The molecule has 2 bridgehead atoms. The standard InChI is InChI=1S/C12H17N3OS2/c1-2-7(1)6-17-12-11(14-18-15-12)16-10-8-3-4-9(10)13-5-8/h7-10,13H,1-6H2. The van der Waals surface area contributed by atoms with Crippen LogP contribution in [0.3, 0.4) is 0 Å². The predicted octanol–water partition coefficient (Wildman–Crippen LogP) is 2.17. The minimum Gasteiger partial charge on any atom is -0.470 e. The predicted molar refractivity (Wildman–Crippen MR) is 72.3 cm³/mol. The fourth-order valence-corrected chi connectivity index (χ4v) is 4.62. The van der Waals surface area contributed by atoms with Crippen LogP contribution >= 0.6 is 23.5 Å². The normalized spacial score (nSPS) is 34.1. The van der Waals surface area contributed by atoms with Crippen LogP contribution < -0.4 is 10.1 Å². The zero-order valence-corrected chi connectivity index (χ0v) is 11.8. The summed E-state index contributed by atoms with van der Waals surface area (Å²) in [6.07, 6.45) is 5.64. The number of aromatic nitrogens is 2. The van der Waals surface area contributed by atoms with Gasteiger partial charge >= 0.3 is 0 Å². The third kappa shape index (κ3) is 2.14. The van der Waals surface area contributed by atoms with Gasteiger partial charge in [-0.15, -0.1) is 4.37 Å². The molecule has 1 aromatic rings. The van der Waals surface area contributed by atoms with Crippen LogP contribution in [0.5, 0.6) is 5.88 Å². The summed E-state index contributed by atoms with van der Waals surface area (Å²) in [7, 11) is 0. The van der Waals surface area contributed by atoms with E-state index in [1.165, 1.54) is 43.2 Å². The fourth-order valence-electron chi connectivity index (χ4n) is 2.91. The number of nitrogens with zero attached hydrogens (tertiary/aromatic N) is 2. The summed E-state index contributed by atoms with van der Waals surface area (Å²) < 4.78 is 14.9. The highest BCUT2D eigenvalue weighted by Crippen LogP contribution is 2.39. The average molecular weight is 283 g/mol. The molecule has 98 valence electrons. The molecule has 1 aromatic heterocycles. The van der Waals surface area contributed by atoms with Gasteiger partial charge in [0.05, 0.1) is 11.7 Å². The van der Waals surface area contributed by atoms with E-state index in [4.69, 9.17) is 4.74 Å². The van der Waals surface area contributed by atoms with Crippen LogP contribution in [0.4, 0.5) is 0 Å². The number of rotatable bonds is 5. The van der Waals surface area contributed by atoms with E-state index >= 15 is 0 Å². The van der Waals surface area contributed by atoms with Crippen molar-refractivity contribution in [3.63, 3.8) is 0 Å². The third-order valence-corrected chi connectivity index (χ3v) is 5.99. The van der Waals surface area contributed by atoms with Crippen LogP contribution in [0.2, 0.25) is 0 Å².